The maximum Gasteiger partial charge on any atom is 0.243 e. The van der Waals surface area contributed by atoms with Crippen molar-refractivity contribution in [2.75, 3.05) is 13.1 Å². The summed E-state index contributed by atoms with van der Waals surface area (Å²) in [5.74, 6) is -0.0559. The lowest BCUT2D eigenvalue weighted by Gasteiger charge is -2.42. The van der Waals surface area contributed by atoms with Gasteiger partial charge in [-0.15, -0.1) is 0 Å². The molecule has 6 heteroatoms. The van der Waals surface area contributed by atoms with Crippen molar-refractivity contribution in [2.24, 2.45) is 11.1 Å². The number of nitrogens with zero attached hydrogens (tertiary/aromatic N) is 2. The van der Waals surface area contributed by atoms with Gasteiger partial charge in [0.1, 0.15) is 6.04 Å². The highest BCUT2D eigenvalue weighted by Crippen LogP contribution is 2.47. The van der Waals surface area contributed by atoms with Crippen molar-refractivity contribution in [3.05, 3.63) is 66.0 Å². The third kappa shape index (κ3) is 3.64. The average Bonchev–Trinajstić information content (AvgIpc) is 3.49. The maximum absolute atomic E-state index is 13.0. The van der Waals surface area contributed by atoms with Gasteiger partial charge in [0, 0.05) is 31.4 Å². The summed E-state index contributed by atoms with van der Waals surface area (Å²) in [6.07, 6.45) is 4.72. The number of likely N-dealkylation sites (tertiary alicyclic amines) is 1. The number of benzene rings is 1. The number of rotatable bonds is 7. The van der Waals surface area contributed by atoms with Gasteiger partial charge in [-0.25, -0.2) is 0 Å². The SMILES string of the molecule is NCC1(C(=O)N2CC[C@H]2C(=O)NC(Cc2ccccn2)c2ccccc2)CC1. The fourth-order valence-corrected chi connectivity index (χ4v) is 3.80. The molecule has 4 rings (SSSR count). The fourth-order valence-electron chi connectivity index (χ4n) is 3.80. The molecule has 0 radical (unpaired) electrons. The highest BCUT2D eigenvalue weighted by atomic mass is 16.2. The first kappa shape index (κ1) is 18.6. The van der Waals surface area contributed by atoms with Gasteiger partial charge >= 0.3 is 0 Å². The van der Waals surface area contributed by atoms with Crippen molar-refractivity contribution >= 4 is 11.8 Å². The molecular formula is C22H26N4O2. The first-order chi connectivity index (χ1) is 13.6. The Morgan fingerprint density at radius 3 is 2.50 bits per heavy atom. The van der Waals surface area contributed by atoms with Crippen LogP contribution in [0.3, 0.4) is 0 Å². The first-order valence-corrected chi connectivity index (χ1v) is 9.89. The van der Waals surface area contributed by atoms with E-state index < -0.39 is 11.5 Å². The number of aromatic nitrogens is 1. The summed E-state index contributed by atoms with van der Waals surface area (Å²) < 4.78 is 0. The van der Waals surface area contributed by atoms with Gasteiger partial charge in [-0.1, -0.05) is 36.4 Å². The standard InChI is InChI=1S/C22H26N4O2/c23-15-22(10-11-22)21(28)26-13-9-19(26)20(27)25-18(16-6-2-1-3-7-16)14-17-8-4-5-12-24-17/h1-8,12,18-19H,9-11,13-15,23H2,(H,25,27)/t18?,19-/m0/s1. The minimum Gasteiger partial charge on any atom is -0.347 e. The molecule has 1 aromatic carbocycles. The second kappa shape index (κ2) is 7.72. The highest BCUT2D eigenvalue weighted by Gasteiger charge is 2.54. The Bertz CT molecular complexity index is 836. The van der Waals surface area contributed by atoms with Crippen LogP contribution in [0.5, 0.6) is 0 Å². The summed E-state index contributed by atoms with van der Waals surface area (Å²) in [7, 11) is 0. The molecule has 2 atom stereocenters. The van der Waals surface area contributed by atoms with E-state index >= 15 is 0 Å². The van der Waals surface area contributed by atoms with Gasteiger partial charge in [-0.3, -0.25) is 14.6 Å². The zero-order chi connectivity index (χ0) is 19.6. The molecule has 2 fully saturated rings. The second-order valence-corrected chi connectivity index (χ2v) is 7.78. The predicted octanol–water partition coefficient (Wildman–Crippen LogP) is 1.82. The summed E-state index contributed by atoms with van der Waals surface area (Å²) >= 11 is 0. The molecule has 1 aliphatic carbocycles. The summed E-state index contributed by atoms with van der Waals surface area (Å²) in [5.41, 5.74) is 7.33. The topological polar surface area (TPSA) is 88.3 Å². The van der Waals surface area contributed by atoms with E-state index in [2.05, 4.69) is 10.3 Å². The Hall–Kier alpha value is -2.73. The molecule has 3 N–H and O–H groups in total. The summed E-state index contributed by atoms with van der Waals surface area (Å²) in [6, 6.07) is 15.1. The first-order valence-electron chi connectivity index (χ1n) is 9.89. The highest BCUT2D eigenvalue weighted by molar-refractivity contribution is 5.93. The van der Waals surface area contributed by atoms with Gasteiger partial charge < -0.3 is 16.0 Å². The van der Waals surface area contributed by atoms with Crippen LogP contribution >= 0.6 is 0 Å². The Labute approximate surface area is 165 Å². The minimum absolute atomic E-state index is 0.0439. The van der Waals surface area contributed by atoms with Crippen LogP contribution in [0.15, 0.2) is 54.7 Å². The van der Waals surface area contributed by atoms with E-state index in [4.69, 9.17) is 5.73 Å². The van der Waals surface area contributed by atoms with Gasteiger partial charge in [0.2, 0.25) is 11.8 Å². The van der Waals surface area contributed by atoms with Crippen LogP contribution in [-0.4, -0.2) is 40.8 Å². The Morgan fingerprint density at radius 1 is 1.18 bits per heavy atom. The number of carbonyl (C=O) groups is 2. The molecule has 0 spiro atoms. The number of amides is 2. The zero-order valence-electron chi connectivity index (χ0n) is 15.9. The third-order valence-corrected chi connectivity index (χ3v) is 5.94. The van der Waals surface area contributed by atoms with Gasteiger partial charge in [-0.05, 0) is 37.0 Å². The molecule has 1 unspecified atom stereocenters. The molecule has 0 bridgehead atoms. The lowest BCUT2D eigenvalue weighted by atomic mass is 9.95. The Kier molecular flexibility index (Phi) is 5.13. The van der Waals surface area contributed by atoms with Gasteiger partial charge in [0.25, 0.3) is 0 Å². The Balaban J connectivity index is 1.47. The fraction of sp³-hybridized carbons (Fsp3) is 0.409. The van der Waals surface area contributed by atoms with Crippen LogP contribution in [0.2, 0.25) is 0 Å². The number of nitrogens with two attached hydrogens (primary N) is 1. The average molecular weight is 378 g/mol. The number of hydrogen-bond acceptors (Lipinski definition) is 4. The van der Waals surface area contributed by atoms with Crippen molar-refractivity contribution in [1.82, 2.24) is 15.2 Å². The molecule has 2 aliphatic rings. The molecule has 2 heterocycles. The molecule has 1 saturated heterocycles. The summed E-state index contributed by atoms with van der Waals surface area (Å²) in [6.45, 7) is 0.998. The minimum atomic E-state index is -0.411. The number of nitrogens with one attached hydrogen (secondary N) is 1. The maximum atomic E-state index is 13.0. The van der Waals surface area contributed by atoms with Crippen molar-refractivity contribution in [1.29, 1.82) is 0 Å². The van der Waals surface area contributed by atoms with E-state index in [9.17, 15) is 9.59 Å². The molecule has 2 aromatic rings. The molecular weight excluding hydrogens is 352 g/mol. The van der Waals surface area contributed by atoms with Crippen LogP contribution in [-0.2, 0) is 16.0 Å². The second-order valence-electron chi connectivity index (χ2n) is 7.78. The van der Waals surface area contributed by atoms with E-state index in [1.54, 1.807) is 11.1 Å². The summed E-state index contributed by atoms with van der Waals surface area (Å²) in [4.78, 5) is 31.9. The van der Waals surface area contributed by atoms with Crippen LogP contribution in [0.25, 0.3) is 0 Å². The van der Waals surface area contributed by atoms with Gasteiger partial charge in [0.15, 0.2) is 0 Å². The Morgan fingerprint density at radius 2 is 1.93 bits per heavy atom. The molecule has 1 aliphatic heterocycles. The van der Waals surface area contributed by atoms with Crippen LogP contribution in [0.1, 0.15) is 36.6 Å². The van der Waals surface area contributed by atoms with Gasteiger partial charge in [0.05, 0.1) is 11.5 Å². The molecule has 2 amide bonds. The van der Waals surface area contributed by atoms with Crippen molar-refractivity contribution in [3.8, 4) is 0 Å². The monoisotopic (exact) mass is 378 g/mol. The summed E-state index contributed by atoms with van der Waals surface area (Å²) in [5, 5.41) is 3.15. The van der Waals surface area contributed by atoms with E-state index in [0.717, 1.165) is 24.1 Å². The molecule has 146 valence electrons. The molecule has 1 aromatic heterocycles. The quantitative estimate of drug-likeness (QED) is 0.769. The van der Waals surface area contributed by atoms with Crippen molar-refractivity contribution in [3.63, 3.8) is 0 Å². The van der Waals surface area contributed by atoms with Crippen molar-refractivity contribution < 1.29 is 9.59 Å². The largest absolute Gasteiger partial charge is 0.347 e. The van der Waals surface area contributed by atoms with Crippen LogP contribution in [0.4, 0.5) is 0 Å². The smallest absolute Gasteiger partial charge is 0.243 e. The van der Waals surface area contributed by atoms with Crippen LogP contribution < -0.4 is 11.1 Å². The normalized spacial score (nSPS) is 20.8. The van der Waals surface area contributed by atoms with Crippen LogP contribution in [0, 0.1) is 5.41 Å². The molecule has 6 nitrogen and oxygen atoms in total. The van der Waals surface area contributed by atoms with E-state index in [1.807, 2.05) is 48.5 Å². The third-order valence-electron chi connectivity index (χ3n) is 5.94. The number of carbonyl (C=O) groups excluding carboxylic acids is 2. The van der Waals surface area contributed by atoms with E-state index in [-0.39, 0.29) is 17.9 Å². The van der Waals surface area contributed by atoms with E-state index in [0.29, 0.717) is 25.9 Å². The van der Waals surface area contributed by atoms with Crippen molar-refractivity contribution in [2.45, 2.75) is 37.8 Å². The van der Waals surface area contributed by atoms with Gasteiger partial charge in [-0.2, -0.15) is 0 Å². The lowest BCUT2D eigenvalue weighted by Crippen LogP contribution is -2.61. The number of pyridine rings is 1. The lowest BCUT2D eigenvalue weighted by molar-refractivity contribution is -0.151. The molecule has 1 saturated carbocycles. The van der Waals surface area contributed by atoms with E-state index in [1.165, 1.54) is 0 Å². The predicted molar refractivity (Wildman–Crippen MR) is 106 cm³/mol. The molecule has 28 heavy (non-hydrogen) atoms. The zero-order valence-corrected chi connectivity index (χ0v) is 15.9. The number of hydrogen-bond donors (Lipinski definition) is 2.